The van der Waals surface area contributed by atoms with Crippen molar-refractivity contribution < 1.29 is 23.9 Å². The highest BCUT2D eigenvalue weighted by atomic mass is 35.5. The predicted molar refractivity (Wildman–Crippen MR) is 92.2 cm³/mol. The highest BCUT2D eigenvalue weighted by Gasteiger charge is 2.24. The van der Waals surface area contributed by atoms with Gasteiger partial charge in [0.05, 0.1) is 12.5 Å². The van der Waals surface area contributed by atoms with Gasteiger partial charge in [-0.05, 0) is 30.5 Å². The summed E-state index contributed by atoms with van der Waals surface area (Å²) < 4.78 is 4.83. The maximum Gasteiger partial charge on any atom is 0.321 e. The molecular weight excluding hydrogens is 364 g/mol. The predicted octanol–water partition coefficient (Wildman–Crippen LogP) is 0.971. The van der Waals surface area contributed by atoms with Gasteiger partial charge in [-0.25, -0.2) is 9.59 Å². The van der Waals surface area contributed by atoms with Gasteiger partial charge in [0.15, 0.2) is 6.61 Å². The second kappa shape index (κ2) is 9.04. The SMILES string of the molecule is NC(=O)N[C@H](CC(=O)OCC(=O)NC(=O)NC1CC1)c1ccc(Cl)cc1. The number of primary amides is 1. The Morgan fingerprint density at radius 1 is 1.19 bits per heavy atom. The highest BCUT2D eigenvalue weighted by molar-refractivity contribution is 6.30. The smallest absolute Gasteiger partial charge is 0.321 e. The quantitative estimate of drug-likeness (QED) is 0.520. The molecule has 0 radical (unpaired) electrons. The fraction of sp³-hybridized carbons (Fsp3) is 0.375. The van der Waals surface area contributed by atoms with Gasteiger partial charge in [-0.2, -0.15) is 0 Å². The Hall–Kier alpha value is -2.81. The Morgan fingerprint density at radius 2 is 1.85 bits per heavy atom. The number of nitrogens with one attached hydrogen (secondary N) is 3. The Balaban J connectivity index is 1.81. The van der Waals surface area contributed by atoms with E-state index in [1.54, 1.807) is 24.3 Å². The van der Waals surface area contributed by atoms with Crippen LogP contribution in [0.25, 0.3) is 0 Å². The second-order valence-electron chi connectivity index (χ2n) is 5.77. The van der Waals surface area contributed by atoms with Gasteiger partial charge in [-0.15, -0.1) is 0 Å². The van der Waals surface area contributed by atoms with Crippen molar-refractivity contribution in [2.75, 3.05) is 6.61 Å². The van der Waals surface area contributed by atoms with Crippen LogP contribution in [-0.2, 0) is 14.3 Å². The molecule has 140 valence electrons. The molecule has 0 saturated heterocycles. The Bertz CT molecular complexity index is 690. The van der Waals surface area contributed by atoms with Crippen molar-refractivity contribution in [3.05, 3.63) is 34.9 Å². The average Bonchev–Trinajstić information content (AvgIpc) is 3.36. The van der Waals surface area contributed by atoms with E-state index < -0.39 is 36.6 Å². The van der Waals surface area contributed by atoms with Gasteiger partial charge >= 0.3 is 18.0 Å². The summed E-state index contributed by atoms with van der Waals surface area (Å²) >= 11 is 5.81. The van der Waals surface area contributed by atoms with Crippen LogP contribution in [0.1, 0.15) is 30.9 Å². The van der Waals surface area contributed by atoms with Gasteiger partial charge in [0, 0.05) is 11.1 Å². The van der Waals surface area contributed by atoms with Crippen LogP contribution < -0.4 is 21.7 Å². The van der Waals surface area contributed by atoms with Crippen LogP contribution in [0.2, 0.25) is 5.02 Å². The summed E-state index contributed by atoms with van der Waals surface area (Å²) in [5.41, 5.74) is 5.72. The van der Waals surface area contributed by atoms with Crippen molar-refractivity contribution in [2.24, 2.45) is 5.73 Å². The van der Waals surface area contributed by atoms with E-state index in [1.807, 2.05) is 0 Å². The number of nitrogens with two attached hydrogens (primary N) is 1. The third-order valence-electron chi connectivity index (χ3n) is 3.49. The summed E-state index contributed by atoms with van der Waals surface area (Å²) in [6, 6.07) is 4.39. The summed E-state index contributed by atoms with van der Waals surface area (Å²) in [6.45, 7) is -0.610. The first-order chi connectivity index (χ1) is 12.3. The van der Waals surface area contributed by atoms with Gasteiger partial charge in [0.2, 0.25) is 0 Å². The largest absolute Gasteiger partial charge is 0.455 e. The number of benzene rings is 1. The molecule has 1 fully saturated rings. The van der Waals surface area contributed by atoms with Crippen LogP contribution in [0, 0.1) is 0 Å². The monoisotopic (exact) mass is 382 g/mol. The summed E-state index contributed by atoms with van der Waals surface area (Å²) in [5, 5.41) is 7.55. The minimum atomic E-state index is -0.813. The molecular formula is C16H19ClN4O5. The number of esters is 1. The third kappa shape index (κ3) is 6.98. The van der Waals surface area contributed by atoms with E-state index in [0.29, 0.717) is 10.6 Å². The van der Waals surface area contributed by atoms with E-state index in [0.717, 1.165) is 12.8 Å². The number of hydrogen-bond donors (Lipinski definition) is 4. The molecule has 0 unspecified atom stereocenters. The molecule has 9 nitrogen and oxygen atoms in total. The number of hydrogen-bond acceptors (Lipinski definition) is 5. The zero-order valence-corrected chi connectivity index (χ0v) is 14.5. The zero-order valence-electron chi connectivity index (χ0n) is 13.8. The minimum absolute atomic E-state index is 0.102. The third-order valence-corrected chi connectivity index (χ3v) is 3.74. The van der Waals surface area contributed by atoms with Crippen molar-refractivity contribution in [2.45, 2.75) is 31.3 Å². The van der Waals surface area contributed by atoms with Crippen molar-refractivity contribution in [3.63, 3.8) is 0 Å². The molecule has 0 spiro atoms. The van der Waals surface area contributed by atoms with Gasteiger partial charge in [0.25, 0.3) is 5.91 Å². The number of carbonyl (C=O) groups is 4. The zero-order chi connectivity index (χ0) is 19.1. The molecule has 0 aliphatic heterocycles. The van der Waals surface area contributed by atoms with Crippen molar-refractivity contribution in [3.8, 4) is 0 Å². The summed E-state index contributed by atoms with van der Waals surface area (Å²) in [4.78, 5) is 46.1. The van der Waals surface area contributed by atoms with Crippen LogP contribution in [0.15, 0.2) is 24.3 Å². The lowest BCUT2D eigenvalue weighted by Crippen LogP contribution is -2.42. The molecule has 1 aromatic rings. The van der Waals surface area contributed by atoms with Crippen molar-refractivity contribution in [1.29, 1.82) is 0 Å². The molecule has 5 amide bonds. The van der Waals surface area contributed by atoms with E-state index in [9.17, 15) is 19.2 Å². The van der Waals surface area contributed by atoms with Gasteiger partial charge < -0.3 is 21.1 Å². The summed E-state index contributed by atoms with van der Waals surface area (Å²) in [5.74, 6) is -1.49. The fourth-order valence-electron chi connectivity index (χ4n) is 2.10. The maximum absolute atomic E-state index is 11.9. The van der Waals surface area contributed by atoms with Gasteiger partial charge in [-0.1, -0.05) is 23.7 Å². The van der Waals surface area contributed by atoms with E-state index in [2.05, 4.69) is 16.0 Å². The Kier molecular flexibility index (Phi) is 6.79. The molecule has 0 bridgehead atoms. The topological polar surface area (TPSA) is 140 Å². The van der Waals surface area contributed by atoms with Crippen molar-refractivity contribution in [1.82, 2.24) is 16.0 Å². The molecule has 2 rings (SSSR count). The van der Waals surface area contributed by atoms with Gasteiger partial charge in [-0.3, -0.25) is 14.9 Å². The van der Waals surface area contributed by atoms with Crippen LogP contribution >= 0.6 is 11.6 Å². The number of rotatable bonds is 7. The lowest BCUT2D eigenvalue weighted by atomic mass is 10.0. The van der Waals surface area contributed by atoms with Crippen molar-refractivity contribution >= 4 is 35.5 Å². The molecule has 1 aliphatic rings. The first-order valence-corrected chi connectivity index (χ1v) is 8.28. The molecule has 0 aromatic heterocycles. The summed E-state index contributed by atoms with van der Waals surface area (Å²) in [6.07, 6.45) is 1.53. The normalized spacial score (nSPS) is 14.0. The standard InChI is InChI=1S/C16H19ClN4O5/c17-10-3-1-9(2-4-10)12(20-15(18)24)7-14(23)26-8-13(22)21-16(25)19-11-5-6-11/h1-4,11-12H,5-8H2,(H3,18,20,24)(H2,19,21,22,25)/t12-/m1/s1. The van der Waals surface area contributed by atoms with Crippen LogP contribution in [0.3, 0.4) is 0 Å². The molecule has 26 heavy (non-hydrogen) atoms. The van der Waals surface area contributed by atoms with Crippen LogP contribution in [0.5, 0.6) is 0 Å². The van der Waals surface area contributed by atoms with E-state index >= 15 is 0 Å². The Morgan fingerprint density at radius 3 is 2.42 bits per heavy atom. The molecule has 1 aromatic carbocycles. The number of amides is 5. The number of urea groups is 2. The first kappa shape index (κ1) is 19.5. The van der Waals surface area contributed by atoms with E-state index in [4.69, 9.17) is 22.1 Å². The minimum Gasteiger partial charge on any atom is -0.455 e. The maximum atomic E-state index is 11.9. The number of ether oxygens (including phenoxy) is 1. The average molecular weight is 383 g/mol. The molecule has 5 N–H and O–H groups in total. The highest BCUT2D eigenvalue weighted by Crippen LogP contribution is 2.20. The van der Waals surface area contributed by atoms with E-state index in [-0.39, 0.29) is 12.5 Å². The molecule has 0 heterocycles. The molecule has 1 saturated carbocycles. The fourth-order valence-corrected chi connectivity index (χ4v) is 2.23. The Labute approximate surface area is 154 Å². The number of imide groups is 1. The van der Waals surface area contributed by atoms with E-state index in [1.165, 1.54) is 0 Å². The summed E-state index contributed by atoms with van der Waals surface area (Å²) in [7, 11) is 0. The van der Waals surface area contributed by atoms with Gasteiger partial charge in [0.1, 0.15) is 0 Å². The second-order valence-corrected chi connectivity index (χ2v) is 6.21. The lowest BCUT2D eigenvalue weighted by molar-refractivity contribution is -0.148. The van der Waals surface area contributed by atoms with Crippen LogP contribution in [-0.4, -0.2) is 36.6 Å². The van der Waals surface area contributed by atoms with Crippen LogP contribution in [0.4, 0.5) is 9.59 Å². The molecule has 1 atom stereocenters. The molecule has 10 heteroatoms. The number of halogens is 1. The first-order valence-electron chi connectivity index (χ1n) is 7.91. The lowest BCUT2D eigenvalue weighted by Gasteiger charge is -2.17. The molecule has 1 aliphatic carbocycles. The number of carbonyl (C=O) groups excluding carboxylic acids is 4.